The maximum absolute atomic E-state index is 12.7. The van der Waals surface area contributed by atoms with Crippen LogP contribution in [0.2, 0.25) is 0 Å². The first-order valence-corrected chi connectivity index (χ1v) is 21.2. The molecule has 1 rings (SSSR count). The number of ether oxygens (including phenoxy) is 4. The number of hydrogen-bond acceptors (Lipinski definition) is 11. The summed E-state index contributed by atoms with van der Waals surface area (Å²) in [5.74, 6) is -2.04. The molecule has 0 aromatic rings. The molecule has 0 aromatic carbocycles. The van der Waals surface area contributed by atoms with Crippen molar-refractivity contribution in [2.24, 2.45) is 0 Å². The van der Waals surface area contributed by atoms with Crippen molar-refractivity contribution in [3.63, 3.8) is 0 Å². The molecular formula is C39H68O12S. The van der Waals surface area contributed by atoms with Crippen molar-refractivity contribution in [2.45, 2.75) is 179 Å². The van der Waals surface area contributed by atoms with Crippen LogP contribution in [0.25, 0.3) is 0 Å². The van der Waals surface area contributed by atoms with E-state index in [-0.39, 0.29) is 19.4 Å². The molecular weight excluding hydrogens is 692 g/mol. The van der Waals surface area contributed by atoms with Gasteiger partial charge in [-0.2, -0.15) is 8.42 Å². The maximum atomic E-state index is 12.7. The van der Waals surface area contributed by atoms with Gasteiger partial charge in [-0.3, -0.25) is 14.1 Å². The van der Waals surface area contributed by atoms with Crippen molar-refractivity contribution in [1.29, 1.82) is 0 Å². The molecule has 1 heterocycles. The second kappa shape index (κ2) is 30.2. The Hall–Kier alpha value is -2.13. The molecule has 0 saturated carbocycles. The highest BCUT2D eigenvalue weighted by Crippen LogP contribution is 2.24. The topological polar surface area (TPSA) is 186 Å². The molecule has 1 aliphatic rings. The van der Waals surface area contributed by atoms with Gasteiger partial charge in [0.2, 0.25) is 0 Å². The van der Waals surface area contributed by atoms with Crippen molar-refractivity contribution in [3.05, 3.63) is 36.5 Å². The standard InChI is InChI=1S/C39H68O12S/c1-3-5-7-9-11-13-14-15-16-17-18-20-22-24-26-28-35(41)50-32(29-48-34(40)27-25-23-21-19-12-10-8-6-4-2)30-49-39-38(44)37(43)36(42)33(51-39)31-52(45,46)47/h11,13,15-16,18,20,32-33,36-39,42-44H,3-10,12,14,17,19,21-31H2,1-2H3,(H,45,46,47)/b13-11+,16-15+,20-18+/t32-,33-,36-,37?,38?,39+/m1/s1. The minimum atomic E-state index is -4.60. The first-order chi connectivity index (χ1) is 25.0. The number of esters is 2. The zero-order valence-electron chi connectivity index (χ0n) is 31.7. The molecule has 2 unspecified atom stereocenters. The van der Waals surface area contributed by atoms with Gasteiger partial charge in [-0.15, -0.1) is 0 Å². The molecule has 52 heavy (non-hydrogen) atoms. The molecule has 1 aliphatic heterocycles. The van der Waals surface area contributed by atoms with Crippen molar-refractivity contribution < 1.29 is 56.8 Å². The van der Waals surface area contributed by atoms with Crippen LogP contribution in [0.5, 0.6) is 0 Å². The summed E-state index contributed by atoms with van der Waals surface area (Å²) < 4.78 is 53.7. The van der Waals surface area contributed by atoms with Crippen LogP contribution in [0, 0.1) is 0 Å². The first-order valence-electron chi connectivity index (χ1n) is 19.5. The van der Waals surface area contributed by atoms with E-state index >= 15 is 0 Å². The summed E-state index contributed by atoms with van der Waals surface area (Å²) in [5, 5.41) is 30.7. The van der Waals surface area contributed by atoms with Crippen molar-refractivity contribution >= 4 is 22.1 Å². The Morgan fingerprint density at radius 3 is 1.75 bits per heavy atom. The van der Waals surface area contributed by atoms with Crippen LogP contribution < -0.4 is 0 Å². The van der Waals surface area contributed by atoms with E-state index in [1.54, 1.807) is 0 Å². The fourth-order valence-electron chi connectivity index (χ4n) is 5.62. The van der Waals surface area contributed by atoms with Gasteiger partial charge in [-0.1, -0.05) is 115 Å². The third kappa shape index (κ3) is 25.0. The number of hydrogen-bond donors (Lipinski definition) is 4. The molecule has 0 bridgehead atoms. The van der Waals surface area contributed by atoms with E-state index in [0.717, 1.165) is 51.4 Å². The largest absolute Gasteiger partial charge is 0.462 e. The van der Waals surface area contributed by atoms with Crippen LogP contribution in [0.1, 0.15) is 142 Å². The zero-order valence-corrected chi connectivity index (χ0v) is 32.5. The number of aliphatic hydroxyl groups excluding tert-OH is 3. The summed E-state index contributed by atoms with van der Waals surface area (Å²) >= 11 is 0. The Balaban J connectivity index is 2.56. The molecule has 0 aromatic heterocycles. The Bertz CT molecular complexity index is 1120. The van der Waals surface area contributed by atoms with Gasteiger partial charge in [-0.25, -0.2) is 0 Å². The average Bonchev–Trinajstić information content (AvgIpc) is 3.10. The van der Waals surface area contributed by atoms with E-state index in [0.29, 0.717) is 12.8 Å². The lowest BCUT2D eigenvalue weighted by Crippen LogP contribution is -2.60. The lowest BCUT2D eigenvalue weighted by atomic mass is 10.00. The number of allylic oxidation sites excluding steroid dienone is 6. The van der Waals surface area contributed by atoms with Crippen LogP contribution >= 0.6 is 0 Å². The van der Waals surface area contributed by atoms with E-state index < -0.39 is 71.2 Å². The Morgan fingerprint density at radius 2 is 1.15 bits per heavy atom. The van der Waals surface area contributed by atoms with E-state index in [2.05, 4.69) is 50.3 Å². The van der Waals surface area contributed by atoms with Crippen molar-refractivity contribution in [3.8, 4) is 0 Å². The average molecular weight is 761 g/mol. The summed E-state index contributed by atoms with van der Waals surface area (Å²) in [6.07, 6.45) is 22.2. The van der Waals surface area contributed by atoms with Crippen LogP contribution in [0.15, 0.2) is 36.5 Å². The van der Waals surface area contributed by atoms with Gasteiger partial charge in [-0.05, 0) is 51.4 Å². The minimum Gasteiger partial charge on any atom is -0.462 e. The summed E-state index contributed by atoms with van der Waals surface area (Å²) in [5.41, 5.74) is 0. The molecule has 0 aliphatic carbocycles. The van der Waals surface area contributed by atoms with Gasteiger partial charge in [0.15, 0.2) is 12.4 Å². The Kier molecular flexibility index (Phi) is 27.8. The van der Waals surface area contributed by atoms with E-state index in [1.165, 1.54) is 51.4 Å². The molecule has 12 nitrogen and oxygen atoms in total. The molecule has 13 heteroatoms. The zero-order chi connectivity index (χ0) is 38.5. The molecule has 4 N–H and O–H groups in total. The van der Waals surface area contributed by atoms with Gasteiger partial charge in [0.1, 0.15) is 36.8 Å². The lowest BCUT2D eigenvalue weighted by molar-refractivity contribution is -0.297. The van der Waals surface area contributed by atoms with Gasteiger partial charge < -0.3 is 34.3 Å². The Morgan fingerprint density at radius 1 is 0.654 bits per heavy atom. The number of carbonyl (C=O) groups excluding carboxylic acids is 2. The smallest absolute Gasteiger partial charge is 0.306 e. The van der Waals surface area contributed by atoms with Gasteiger partial charge in [0, 0.05) is 12.8 Å². The van der Waals surface area contributed by atoms with Crippen LogP contribution in [0.4, 0.5) is 0 Å². The Labute approximate surface area is 312 Å². The summed E-state index contributed by atoms with van der Waals surface area (Å²) in [4.78, 5) is 25.2. The maximum Gasteiger partial charge on any atom is 0.306 e. The molecule has 1 fully saturated rings. The molecule has 1 saturated heterocycles. The van der Waals surface area contributed by atoms with Crippen LogP contribution in [-0.4, -0.2) is 96.0 Å². The van der Waals surface area contributed by atoms with E-state index in [1.807, 2.05) is 0 Å². The number of aliphatic hydroxyl groups is 3. The second-order valence-corrected chi connectivity index (χ2v) is 15.1. The summed E-state index contributed by atoms with van der Waals surface area (Å²) in [6, 6.07) is 0. The highest BCUT2D eigenvalue weighted by Gasteiger charge is 2.46. The number of carbonyl (C=O) groups is 2. The monoisotopic (exact) mass is 760 g/mol. The van der Waals surface area contributed by atoms with E-state index in [9.17, 15) is 37.9 Å². The van der Waals surface area contributed by atoms with Gasteiger partial charge in [0.25, 0.3) is 10.1 Å². The highest BCUT2D eigenvalue weighted by molar-refractivity contribution is 7.85. The normalized spacial score (nSPS) is 21.7. The summed E-state index contributed by atoms with van der Waals surface area (Å²) in [7, 11) is -4.60. The minimum absolute atomic E-state index is 0.116. The molecule has 0 spiro atoms. The van der Waals surface area contributed by atoms with Crippen molar-refractivity contribution in [2.75, 3.05) is 19.0 Å². The molecule has 302 valence electrons. The molecule has 0 radical (unpaired) electrons. The molecule has 0 amide bonds. The number of unbranched alkanes of at least 4 members (excludes halogenated alkanes) is 13. The SMILES string of the molecule is CCCCC/C=C/C/C=C/C/C=C/CCCCC(=O)O[C@H](COC(=O)CCCCCCCCCCC)CO[C@H]1O[C@H](CS(=O)(=O)O)[C@@H](O)C(O)C1O. The lowest BCUT2D eigenvalue weighted by Gasteiger charge is -2.40. The third-order valence-corrected chi connectivity index (χ3v) is 9.47. The highest BCUT2D eigenvalue weighted by atomic mass is 32.2. The van der Waals surface area contributed by atoms with Crippen LogP contribution in [-0.2, 0) is 38.7 Å². The fraction of sp³-hybridized carbons (Fsp3) is 0.795. The first kappa shape index (κ1) is 47.9. The predicted octanol–water partition coefficient (Wildman–Crippen LogP) is 6.66. The predicted molar refractivity (Wildman–Crippen MR) is 201 cm³/mol. The van der Waals surface area contributed by atoms with E-state index in [4.69, 9.17) is 18.9 Å². The fourth-order valence-corrected chi connectivity index (χ4v) is 6.31. The quantitative estimate of drug-likeness (QED) is 0.0255. The van der Waals surface area contributed by atoms with Crippen LogP contribution in [0.3, 0.4) is 0 Å². The van der Waals surface area contributed by atoms with Gasteiger partial charge in [0.05, 0.1) is 6.61 Å². The van der Waals surface area contributed by atoms with Crippen molar-refractivity contribution in [1.82, 2.24) is 0 Å². The second-order valence-electron chi connectivity index (χ2n) is 13.6. The molecule has 6 atom stereocenters. The summed E-state index contributed by atoms with van der Waals surface area (Å²) in [6.45, 7) is 3.64. The number of rotatable bonds is 31. The van der Waals surface area contributed by atoms with Gasteiger partial charge >= 0.3 is 11.9 Å². The third-order valence-electron chi connectivity index (χ3n) is 8.72.